The summed E-state index contributed by atoms with van der Waals surface area (Å²) in [6.45, 7) is 1.72. The molecular formula is C12H13F2N. The molecule has 0 saturated carbocycles. The summed E-state index contributed by atoms with van der Waals surface area (Å²) < 4.78 is 26.3. The molecule has 0 bridgehead atoms. The number of halogens is 2. The second-order valence-electron chi connectivity index (χ2n) is 3.14. The monoisotopic (exact) mass is 209 g/mol. The van der Waals surface area contributed by atoms with Crippen LogP contribution in [0.5, 0.6) is 0 Å². The quantitative estimate of drug-likeness (QED) is 0.754. The van der Waals surface area contributed by atoms with Gasteiger partial charge in [0.1, 0.15) is 11.6 Å². The first-order chi connectivity index (χ1) is 7.19. The van der Waals surface area contributed by atoms with Crippen molar-refractivity contribution in [3.8, 4) is 11.8 Å². The molecule has 15 heavy (non-hydrogen) atoms. The van der Waals surface area contributed by atoms with Gasteiger partial charge in [-0.1, -0.05) is 0 Å². The fourth-order valence-corrected chi connectivity index (χ4v) is 1.35. The van der Waals surface area contributed by atoms with E-state index in [1.165, 1.54) is 6.07 Å². The molecule has 1 rings (SSSR count). The summed E-state index contributed by atoms with van der Waals surface area (Å²) in [5, 5.41) is 2.91. The molecule has 0 radical (unpaired) electrons. The maximum Gasteiger partial charge on any atom is 0.128 e. The first kappa shape index (κ1) is 11.7. The van der Waals surface area contributed by atoms with Gasteiger partial charge in [0.25, 0.3) is 0 Å². The van der Waals surface area contributed by atoms with Crippen molar-refractivity contribution < 1.29 is 8.78 Å². The third-order valence-corrected chi connectivity index (χ3v) is 2.16. The summed E-state index contributed by atoms with van der Waals surface area (Å²) in [4.78, 5) is 0. The van der Waals surface area contributed by atoms with Crippen LogP contribution >= 0.6 is 0 Å². The van der Waals surface area contributed by atoms with Crippen molar-refractivity contribution in [2.24, 2.45) is 0 Å². The molecule has 3 heteroatoms. The Morgan fingerprint density at radius 3 is 2.73 bits per heavy atom. The average molecular weight is 209 g/mol. The van der Waals surface area contributed by atoms with Gasteiger partial charge in [0.05, 0.1) is 0 Å². The number of benzene rings is 1. The number of rotatable bonds is 3. The fraction of sp³-hybridized carbons (Fsp3) is 0.333. The Kier molecular flexibility index (Phi) is 4.26. The van der Waals surface area contributed by atoms with Gasteiger partial charge in [0, 0.05) is 18.0 Å². The Balaban J connectivity index is 2.98. The topological polar surface area (TPSA) is 12.0 Å². The molecule has 0 amide bonds. The zero-order valence-electron chi connectivity index (χ0n) is 8.77. The normalized spacial score (nSPS) is 11.7. The third-order valence-electron chi connectivity index (χ3n) is 2.16. The van der Waals surface area contributed by atoms with E-state index in [0.29, 0.717) is 12.0 Å². The van der Waals surface area contributed by atoms with Crippen LogP contribution in [0.1, 0.15) is 24.9 Å². The molecule has 1 aromatic rings. The molecule has 0 saturated heterocycles. The van der Waals surface area contributed by atoms with Gasteiger partial charge in [-0.15, -0.1) is 11.8 Å². The highest BCUT2D eigenvalue weighted by Gasteiger charge is 2.13. The maximum atomic E-state index is 13.4. The SMILES string of the molecule is CC#CCC(NC)c1cc(F)ccc1F. The molecule has 1 atom stereocenters. The van der Waals surface area contributed by atoms with E-state index in [-0.39, 0.29) is 6.04 Å². The van der Waals surface area contributed by atoms with Crippen LogP contribution in [-0.2, 0) is 0 Å². The van der Waals surface area contributed by atoms with Gasteiger partial charge in [0.15, 0.2) is 0 Å². The number of hydrogen-bond acceptors (Lipinski definition) is 1. The van der Waals surface area contributed by atoms with E-state index in [0.717, 1.165) is 12.1 Å². The predicted octanol–water partition coefficient (Wildman–Crippen LogP) is 2.64. The van der Waals surface area contributed by atoms with Gasteiger partial charge >= 0.3 is 0 Å². The van der Waals surface area contributed by atoms with Gasteiger partial charge in [-0.05, 0) is 32.2 Å². The average Bonchev–Trinajstić information content (AvgIpc) is 2.24. The van der Waals surface area contributed by atoms with E-state index < -0.39 is 11.6 Å². The minimum atomic E-state index is -0.434. The number of nitrogens with one attached hydrogen (secondary N) is 1. The summed E-state index contributed by atoms with van der Waals surface area (Å²) in [5.41, 5.74) is 0.320. The van der Waals surface area contributed by atoms with Crippen LogP contribution in [0.15, 0.2) is 18.2 Å². The van der Waals surface area contributed by atoms with Crippen molar-refractivity contribution >= 4 is 0 Å². The fourth-order valence-electron chi connectivity index (χ4n) is 1.35. The summed E-state index contributed by atoms with van der Waals surface area (Å²) in [5.74, 6) is 4.73. The zero-order chi connectivity index (χ0) is 11.3. The molecule has 1 unspecified atom stereocenters. The highest BCUT2D eigenvalue weighted by atomic mass is 19.1. The van der Waals surface area contributed by atoms with Gasteiger partial charge in [0.2, 0.25) is 0 Å². The highest BCUT2D eigenvalue weighted by Crippen LogP contribution is 2.20. The van der Waals surface area contributed by atoms with Crippen LogP contribution in [0.3, 0.4) is 0 Å². The first-order valence-electron chi connectivity index (χ1n) is 4.71. The van der Waals surface area contributed by atoms with Crippen molar-refractivity contribution in [2.75, 3.05) is 7.05 Å². The van der Waals surface area contributed by atoms with Crippen LogP contribution < -0.4 is 5.32 Å². The van der Waals surface area contributed by atoms with Crippen LogP contribution in [0.2, 0.25) is 0 Å². The predicted molar refractivity (Wildman–Crippen MR) is 56.2 cm³/mol. The lowest BCUT2D eigenvalue weighted by Gasteiger charge is -2.14. The van der Waals surface area contributed by atoms with Gasteiger partial charge < -0.3 is 5.32 Å². The van der Waals surface area contributed by atoms with Gasteiger partial charge in [-0.3, -0.25) is 0 Å². The van der Waals surface area contributed by atoms with Crippen LogP contribution in [0, 0.1) is 23.5 Å². The van der Waals surface area contributed by atoms with Crippen LogP contribution in [-0.4, -0.2) is 7.05 Å². The summed E-state index contributed by atoms with van der Waals surface area (Å²) >= 11 is 0. The van der Waals surface area contributed by atoms with Crippen molar-refractivity contribution in [3.05, 3.63) is 35.4 Å². The minimum absolute atomic E-state index is 0.270. The molecule has 0 aromatic heterocycles. The molecule has 0 aliphatic rings. The van der Waals surface area contributed by atoms with Crippen molar-refractivity contribution in [1.29, 1.82) is 0 Å². The smallest absolute Gasteiger partial charge is 0.128 e. The van der Waals surface area contributed by atoms with E-state index in [1.807, 2.05) is 0 Å². The Bertz CT molecular complexity index is 390. The number of hydrogen-bond donors (Lipinski definition) is 1. The lowest BCUT2D eigenvalue weighted by molar-refractivity contribution is 0.531. The van der Waals surface area contributed by atoms with Crippen molar-refractivity contribution in [1.82, 2.24) is 5.32 Å². The van der Waals surface area contributed by atoms with Crippen LogP contribution in [0.4, 0.5) is 8.78 Å². The molecule has 80 valence electrons. The molecule has 0 heterocycles. The maximum absolute atomic E-state index is 13.4. The Morgan fingerprint density at radius 1 is 1.40 bits per heavy atom. The Labute approximate surface area is 88.5 Å². The van der Waals surface area contributed by atoms with Crippen molar-refractivity contribution in [2.45, 2.75) is 19.4 Å². The summed E-state index contributed by atoms with van der Waals surface area (Å²) in [7, 11) is 1.70. The summed E-state index contributed by atoms with van der Waals surface area (Å²) in [6, 6.07) is 3.17. The second-order valence-corrected chi connectivity index (χ2v) is 3.14. The third kappa shape index (κ3) is 3.03. The van der Waals surface area contributed by atoms with Gasteiger partial charge in [-0.25, -0.2) is 8.78 Å². The standard InChI is InChI=1S/C12H13F2N/c1-3-4-5-12(15-2)10-8-9(13)6-7-11(10)14/h6-8,12,15H,5H2,1-2H3. The molecule has 0 aliphatic heterocycles. The van der Waals surface area contributed by atoms with E-state index in [4.69, 9.17) is 0 Å². The van der Waals surface area contributed by atoms with Crippen LogP contribution in [0.25, 0.3) is 0 Å². The lowest BCUT2D eigenvalue weighted by Crippen LogP contribution is -2.17. The van der Waals surface area contributed by atoms with Gasteiger partial charge in [-0.2, -0.15) is 0 Å². The molecule has 1 N–H and O–H groups in total. The molecule has 0 aliphatic carbocycles. The molecule has 0 fully saturated rings. The first-order valence-corrected chi connectivity index (χ1v) is 4.71. The Hall–Kier alpha value is -1.40. The zero-order valence-corrected chi connectivity index (χ0v) is 8.77. The van der Waals surface area contributed by atoms with E-state index in [9.17, 15) is 8.78 Å². The van der Waals surface area contributed by atoms with E-state index >= 15 is 0 Å². The molecule has 1 aromatic carbocycles. The summed E-state index contributed by atoms with van der Waals surface area (Å²) in [6.07, 6.45) is 0.466. The largest absolute Gasteiger partial charge is 0.312 e. The Morgan fingerprint density at radius 2 is 2.13 bits per heavy atom. The van der Waals surface area contributed by atoms with E-state index in [2.05, 4.69) is 17.2 Å². The highest BCUT2D eigenvalue weighted by molar-refractivity contribution is 5.23. The molecule has 1 nitrogen and oxygen atoms in total. The van der Waals surface area contributed by atoms with Crippen molar-refractivity contribution in [3.63, 3.8) is 0 Å². The lowest BCUT2D eigenvalue weighted by atomic mass is 10.0. The molecular weight excluding hydrogens is 196 g/mol. The van der Waals surface area contributed by atoms with E-state index in [1.54, 1.807) is 14.0 Å². The second kappa shape index (κ2) is 5.47. The molecule has 0 spiro atoms. The minimum Gasteiger partial charge on any atom is -0.312 e.